The fourth-order valence-corrected chi connectivity index (χ4v) is 3.97. The average Bonchev–Trinajstić information content (AvgIpc) is 2.73. The van der Waals surface area contributed by atoms with E-state index < -0.39 is 60.5 Å². The third-order valence-electron chi connectivity index (χ3n) is 5.64. The smallest absolute Gasteiger partial charge is 0.174 e. The number of hydrogen-bond donors (Lipinski definition) is 7. The Labute approximate surface area is 176 Å². The fraction of sp³-hybridized carbons (Fsp3) is 0.381. The second-order valence-electron chi connectivity index (χ2n) is 7.61. The standard InChI is InChI=1S/C21H22O10/c22-7-14-17(26)19(28)20(29)21(31-14)16-11(25)6-13-15(18(16)27)10(24)5-12(30-13)8-1-3-9(23)4-2-8/h1-4,6,12,14,17,19-23,25-29H,5,7H2/t12-,14+,17+,19+,20+,21-/m0/s1. The normalized spacial score (nSPS) is 30.5. The SMILES string of the molecule is O=C1C[C@@H](c2ccc(O)cc2)Oc2cc(O)c([C@@H]3O[C@H](CO)[C@@H](O)[C@@H](O)[C@H]3O)c(O)c21. The van der Waals surface area contributed by atoms with Crippen molar-refractivity contribution in [2.24, 2.45) is 0 Å². The molecule has 7 N–H and O–H groups in total. The molecule has 0 radical (unpaired) electrons. The molecule has 2 aliphatic heterocycles. The van der Waals surface area contributed by atoms with Gasteiger partial charge in [-0.15, -0.1) is 0 Å². The van der Waals surface area contributed by atoms with Gasteiger partial charge in [0, 0.05) is 6.07 Å². The highest BCUT2D eigenvalue weighted by atomic mass is 16.5. The number of phenolic OH excluding ortho intramolecular Hbond substituents is 3. The molecule has 166 valence electrons. The number of aliphatic hydroxyl groups excluding tert-OH is 4. The molecule has 2 aliphatic rings. The molecule has 0 unspecified atom stereocenters. The highest BCUT2D eigenvalue weighted by Crippen LogP contribution is 2.49. The lowest BCUT2D eigenvalue weighted by atomic mass is 9.87. The first-order chi connectivity index (χ1) is 14.7. The number of ketones is 1. The number of Topliss-reactive ketones (excluding diaryl/α,β-unsaturated/α-hetero) is 1. The summed E-state index contributed by atoms with van der Waals surface area (Å²) in [4.78, 5) is 12.8. The van der Waals surface area contributed by atoms with Crippen molar-refractivity contribution in [1.29, 1.82) is 0 Å². The molecule has 2 heterocycles. The first-order valence-corrected chi connectivity index (χ1v) is 9.61. The third kappa shape index (κ3) is 3.58. The molecular weight excluding hydrogens is 412 g/mol. The van der Waals surface area contributed by atoms with E-state index in [9.17, 15) is 40.5 Å². The summed E-state index contributed by atoms with van der Waals surface area (Å²) in [5.41, 5.74) is 0.0178. The van der Waals surface area contributed by atoms with Gasteiger partial charge in [-0.3, -0.25) is 4.79 Å². The number of ether oxygens (including phenoxy) is 2. The van der Waals surface area contributed by atoms with E-state index in [0.29, 0.717) is 5.56 Å². The molecule has 1 saturated heterocycles. The monoisotopic (exact) mass is 434 g/mol. The Morgan fingerprint density at radius 2 is 1.65 bits per heavy atom. The van der Waals surface area contributed by atoms with E-state index in [1.165, 1.54) is 12.1 Å². The van der Waals surface area contributed by atoms with E-state index in [-0.39, 0.29) is 29.0 Å². The summed E-state index contributed by atoms with van der Waals surface area (Å²) in [7, 11) is 0. The van der Waals surface area contributed by atoms with Crippen molar-refractivity contribution < 1.29 is 50.0 Å². The molecule has 1 fully saturated rings. The first kappa shape index (κ1) is 21.3. The first-order valence-electron chi connectivity index (χ1n) is 9.61. The highest BCUT2D eigenvalue weighted by molar-refractivity contribution is 6.03. The topological polar surface area (TPSA) is 177 Å². The third-order valence-corrected chi connectivity index (χ3v) is 5.64. The number of rotatable bonds is 3. The van der Waals surface area contributed by atoms with Crippen molar-refractivity contribution >= 4 is 5.78 Å². The van der Waals surface area contributed by atoms with Gasteiger partial charge in [0.25, 0.3) is 0 Å². The van der Waals surface area contributed by atoms with Crippen LogP contribution in [0, 0.1) is 0 Å². The summed E-state index contributed by atoms with van der Waals surface area (Å²) in [5.74, 6) is -1.79. The Kier molecular flexibility index (Phi) is 5.50. The lowest BCUT2D eigenvalue weighted by molar-refractivity contribution is -0.232. The molecule has 10 nitrogen and oxygen atoms in total. The van der Waals surface area contributed by atoms with Gasteiger partial charge in [-0.2, -0.15) is 0 Å². The molecular formula is C21H22O10. The van der Waals surface area contributed by atoms with E-state index in [2.05, 4.69) is 0 Å². The van der Waals surface area contributed by atoms with Crippen LogP contribution < -0.4 is 4.74 Å². The van der Waals surface area contributed by atoms with Gasteiger partial charge in [0.15, 0.2) is 5.78 Å². The maximum Gasteiger partial charge on any atom is 0.174 e. The number of phenols is 3. The Bertz CT molecular complexity index is 987. The average molecular weight is 434 g/mol. The molecule has 2 aromatic rings. The maximum atomic E-state index is 12.8. The number of benzene rings is 2. The Morgan fingerprint density at radius 1 is 0.968 bits per heavy atom. The van der Waals surface area contributed by atoms with E-state index in [1.807, 2.05) is 0 Å². The largest absolute Gasteiger partial charge is 0.508 e. The quantitative estimate of drug-likeness (QED) is 0.348. The van der Waals surface area contributed by atoms with Crippen LogP contribution in [0.1, 0.15) is 40.1 Å². The van der Waals surface area contributed by atoms with Gasteiger partial charge >= 0.3 is 0 Å². The van der Waals surface area contributed by atoms with E-state index in [1.54, 1.807) is 12.1 Å². The molecule has 31 heavy (non-hydrogen) atoms. The van der Waals surface area contributed by atoms with Gasteiger partial charge in [0.05, 0.1) is 18.6 Å². The van der Waals surface area contributed by atoms with Crippen LogP contribution in [0.5, 0.6) is 23.0 Å². The second kappa shape index (κ2) is 7.98. The molecule has 6 atom stereocenters. The molecule has 0 aliphatic carbocycles. The lowest BCUT2D eigenvalue weighted by Crippen LogP contribution is -2.55. The summed E-state index contributed by atoms with van der Waals surface area (Å²) in [6.45, 7) is -0.690. The lowest BCUT2D eigenvalue weighted by Gasteiger charge is -2.40. The molecule has 4 rings (SSSR count). The summed E-state index contributed by atoms with van der Waals surface area (Å²) in [6, 6.07) is 7.14. The van der Waals surface area contributed by atoms with Crippen molar-refractivity contribution in [3.8, 4) is 23.0 Å². The predicted octanol–water partition coefficient (Wildman–Crippen LogP) is 0.0248. The zero-order chi connectivity index (χ0) is 22.4. The molecule has 10 heteroatoms. The minimum Gasteiger partial charge on any atom is -0.508 e. The van der Waals surface area contributed by atoms with Gasteiger partial charge in [-0.05, 0) is 17.7 Å². The number of aliphatic hydroxyl groups is 4. The van der Waals surface area contributed by atoms with Gasteiger partial charge in [-0.25, -0.2) is 0 Å². The van der Waals surface area contributed by atoms with Crippen LogP contribution in [-0.4, -0.2) is 72.6 Å². The van der Waals surface area contributed by atoms with Crippen molar-refractivity contribution in [3.63, 3.8) is 0 Å². The summed E-state index contributed by atoms with van der Waals surface area (Å²) in [6.07, 6.45) is -8.72. The van der Waals surface area contributed by atoms with Crippen molar-refractivity contribution in [2.45, 2.75) is 43.0 Å². The molecule has 2 aromatic carbocycles. The minimum absolute atomic E-state index is 0.0470. The molecule has 0 amide bonds. The molecule has 0 spiro atoms. The summed E-state index contributed by atoms with van der Waals surface area (Å²) < 4.78 is 11.2. The summed E-state index contributed by atoms with van der Waals surface area (Å²) in [5, 5.41) is 70.4. The molecule has 0 saturated carbocycles. The number of carbonyl (C=O) groups is 1. The Morgan fingerprint density at radius 3 is 2.29 bits per heavy atom. The Balaban J connectivity index is 1.72. The van der Waals surface area contributed by atoms with Crippen LogP contribution in [0.2, 0.25) is 0 Å². The van der Waals surface area contributed by atoms with Crippen LogP contribution in [0.3, 0.4) is 0 Å². The Hall–Kier alpha value is -2.89. The molecule has 0 aromatic heterocycles. The number of carbonyl (C=O) groups excluding carboxylic acids is 1. The van der Waals surface area contributed by atoms with E-state index in [4.69, 9.17) is 9.47 Å². The van der Waals surface area contributed by atoms with Crippen LogP contribution in [0.25, 0.3) is 0 Å². The number of aromatic hydroxyl groups is 3. The number of fused-ring (bicyclic) bond motifs is 1. The molecule has 0 bridgehead atoms. The van der Waals surface area contributed by atoms with Crippen LogP contribution in [0.15, 0.2) is 30.3 Å². The van der Waals surface area contributed by atoms with Crippen LogP contribution in [0.4, 0.5) is 0 Å². The predicted molar refractivity (Wildman–Crippen MR) is 103 cm³/mol. The summed E-state index contributed by atoms with van der Waals surface area (Å²) >= 11 is 0. The van der Waals surface area contributed by atoms with E-state index in [0.717, 1.165) is 6.07 Å². The minimum atomic E-state index is -1.75. The van der Waals surface area contributed by atoms with Crippen LogP contribution >= 0.6 is 0 Å². The van der Waals surface area contributed by atoms with Gasteiger partial charge in [0.1, 0.15) is 65.2 Å². The van der Waals surface area contributed by atoms with Gasteiger partial charge in [-0.1, -0.05) is 12.1 Å². The van der Waals surface area contributed by atoms with Crippen molar-refractivity contribution in [2.75, 3.05) is 6.61 Å². The van der Waals surface area contributed by atoms with Gasteiger partial charge in [0.2, 0.25) is 0 Å². The van der Waals surface area contributed by atoms with Crippen LogP contribution in [-0.2, 0) is 4.74 Å². The van der Waals surface area contributed by atoms with Crippen molar-refractivity contribution in [1.82, 2.24) is 0 Å². The van der Waals surface area contributed by atoms with Crippen molar-refractivity contribution in [3.05, 3.63) is 47.0 Å². The second-order valence-corrected chi connectivity index (χ2v) is 7.61. The zero-order valence-corrected chi connectivity index (χ0v) is 16.1. The fourth-order valence-electron chi connectivity index (χ4n) is 3.97. The van der Waals surface area contributed by atoms with E-state index >= 15 is 0 Å². The highest BCUT2D eigenvalue weighted by Gasteiger charge is 2.47. The number of hydrogen-bond acceptors (Lipinski definition) is 10. The van der Waals surface area contributed by atoms with Gasteiger partial charge < -0.3 is 45.2 Å². The maximum absolute atomic E-state index is 12.8. The zero-order valence-electron chi connectivity index (χ0n) is 16.1.